The summed E-state index contributed by atoms with van der Waals surface area (Å²) in [6.45, 7) is 2.55. The van der Waals surface area contributed by atoms with Crippen LogP contribution in [0.1, 0.15) is 11.7 Å². The molecule has 4 heteroatoms. The van der Waals surface area contributed by atoms with Crippen LogP contribution in [0.2, 0.25) is 0 Å². The fourth-order valence-corrected chi connectivity index (χ4v) is 2.17. The summed E-state index contributed by atoms with van der Waals surface area (Å²) < 4.78 is 5.80. The molecule has 1 fully saturated rings. The molecule has 0 aliphatic carbocycles. The van der Waals surface area contributed by atoms with Gasteiger partial charge in [-0.25, -0.2) is 4.98 Å². The number of nitrogens with zero attached hydrogens (tertiary/aromatic N) is 1. The number of aromatic amines is 1. The highest BCUT2D eigenvalue weighted by Gasteiger charge is 2.19. The number of imidazole rings is 1. The van der Waals surface area contributed by atoms with Crippen molar-refractivity contribution in [1.29, 1.82) is 0 Å². The molecule has 0 spiro atoms. The van der Waals surface area contributed by atoms with Crippen molar-refractivity contribution in [1.82, 2.24) is 15.3 Å². The average molecular weight is 229 g/mol. The van der Waals surface area contributed by atoms with Gasteiger partial charge in [0.1, 0.15) is 5.82 Å². The van der Waals surface area contributed by atoms with Gasteiger partial charge in [0, 0.05) is 31.0 Å². The molecular weight excluding hydrogens is 214 g/mol. The van der Waals surface area contributed by atoms with Gasteiger partial charge in [-0.2, -0.15) is 0 Å². The Balaban J connectivity index is 1.98. The molecule has 2 aromatic rings. The van der Waals surface area contributed by atoms with Crippen LogP contribution in [0, 0.1) is 0 Å². The molecular formula is C13H15N3O. The molecule has 1 atom stereocenters. The van der Waals surface area contributed by atoms with Crippen molar-refractivity contribution in [3.8, 4) is 11.4 Å². The average Bonchev–Trinajstić information content (AvgIpc) is 2.94. The summed E-state index contributed by atoms with van der Waals surface area (Å²) in [5.74, 6) is 0.898. The zero-order valence-corrected chi connectivity index (χ0v) is 9.52. The van der Waals surface area contributed by atoms with Crippen LogP contribution in [0.3, 0.4) is 0 Å². The third kappa shape index (κ3) is 2.09. The van der Waals surface area contributed by atoms with Gasteiger partial charge in [0.2, 0.25) is 0 Å². The van der Waals surface area contributed by atoms with Crippen LogP contribution in [0.25, 0.3) is 11.4 Å². The lowest BCUT2D eigenvalue weighted by Gasteiger charge is -2.25. The molecule has 4 nitrogen and oxygen atoms in total. The number of aromatic nitrogens is 2. The summed E-state index contributed by atoms with van der Waals surface area (Å²) in [4.78, 5) is 7.46. The quantitative estimate of drug-likeness (QED) is 0.824. The van der Waals surface area contributed by atoms with E-state index in [4.69, 9.17) is 4.74 Å². The summed E-state index contributed by atoms with van der Waals surface area (Å²) in [6.07, 6.45) is 3.73. The molecule has 2 N–H and O–H groups in total. The van der Waals surface area contributed by atoms with Gasteiger partial charge >= 0.3 is 0 Å². The second-order valence-electron chi connectivity index (χ2n) is 4.09. The summed E-state index contributed by atoms with van der Waals surface area (Å²) in [5, 5.41) is 3.35. The van der Waals surface area contributed by atoms with E-state index < -0.39 is 0 Å². The predicted molar refractivity (Wildman–Crippen MR) is 65.6 cm³/mol. The Morgan fingerprint density at radius 3 is 3.00 bits per heavy atom. The number of benzene rings is 1. The Hall–Kier alpha value is -1.65. The van der Waals surface area contributed by atoms with Crippen molar-refractivity contribution in [2.45, 2.75) is 6.10 Å². The van der Waals surface area contributed by atoms with E-state index in [9.17, 15) is 0 Å². The van der Waals surface area contributed by atoms with Gasteiger partial charge in [-0.15, -0.1) is 0 Å². The van der Waals surface area contributed by atoms with Gasteiger partial charge in [-0.3, -0.25) is 0 Å². The number of morpholine rings is 1. The molecule has 88 valence electrons. The molecule has 1 aliphatic heterocycles. The summed E-state index contributed by atoms with van der Waals surface area (Å²) in [6, 6.07) is 8.25. The number of hydrogen-bond acceptors (Lipinski definition) is 3. The fraction of sp³-hybridized carbons (Fsp3) is 0.308. The van der Waals surface area contributed by atoms with Crippen molar-refractivity contribution < 1.29 is 4.74 Å². The van der Waals surface area contributed by atoms with Crippen LogP contribution in [0.5, 0.6) is 0 Å². The van der Waals surface area contributed by atoms with E-state index in [2.05, 4.69) is 27.4 Å². The highest BCUT2D eigenvalue weighted by atomic mass is 16.5. The van der Waals surface area contributed by atoms with E-state index in [1.165, 1.54) is 5.56 Å². The first-order chi connectivity index (χ1) is 8.45. The van der Waals surface area contributed by atoms with Crippen molar-refractivity contribution in [2.24, 2.45) is 0 Å². The Labute approximate surface area is 100 Å². The maximum atomic E-state index is 5.80. The highest BCUT2D eigenvalue weighted by molar-refractivity contribution is 5.60. The Morgan fingerprint density at radius 1 is 1.29 bits per heavy atom. The number of rotatable bonds is 2. The molecule has 0 bridgehead atoms. The van der Waals surface area contributed by atoms with Crippen LogP contribution < -0.4 is 5.32 Å². The molecule has 0 radical (unpaired) electrons. The standard InChI is InChI=1S/C13H15N3O/c1-2-4-11(13-15-5-6-16-13)10(3-1)12-9-14-7-8-17-12/h1-6,12,14H,7-9H2,(H,15,16). The highest BCUT2D eigenvalue weighted by Crippen LogP contribution is 2.28. The maximum absolute atomic E-state index is 5.80. The summed E-state index contributed by atoms with van der Waals surface area (Å²) in [5.41, 5.74) is 2.31. The van der Waals surface area contributed by atoms with Crippen molar-refractivity contribution in [2.75, 3.05) is 19.7 Å². The Bertz CT molecular complexity index is 475. The van der Waals surface area contributed by atoms with Crippen LogP contribution in [0.4, 0.5) is 0 Å². The van der Waals surface area contributed by atoms with Gasteiger partial charge in [0.25, 0.3) is 0 Å². The van der Waals surface area contributed by atoms with E-state index in [-0.39, 0.29) is 6.10 Å². The molecule has 1 aliphatic rings. The molecule has 1 aromatic carbocycles. The minimum atomic E-state index is 0.116. The zero-order valence-electron chi connectivity index (χ0n) is 9.52. The van der Waals surface area contributed by atoms with Crippen molar-refractivity contribution >= 4 is 0 Å². The van der Waals surface area contributed by atoms with E-state index in [0.717, 1.165) is 31.1 Å². The van der Waals surface area contributed by atoms with Gasteiger partial charge in [-0.1, -0.05) is 24.3 Å². The SMILES string of the molecule is c1ccc(C2CNCCO2)c(-c2ncc[nH]2)c1. The fourth-order valence-electron chi connectivity index (χ4n) is 2.17. The molecule has 1 unspecified atom stereocenters. The molecule has 3 rings (SSSR count). The largest absolute Gasteiger partial charge is 0.371 e. The van der Waals surface area contributed by atoms with Crippen LogP contribution in [0.15, 0.2) is 36.7 Å². The number of nitrogens with one attached hydrogen (secondary N) is 2. The molecule has 1 aromatic heterocycles. The second kappa shape index (κ2) is 4.69. The third-order valence-electron chi connectivity index (χ3n) is 2.99. The molecule has 0 amide bonds. The van der Waals surface area contributed by atoms with Gasteiger partial charge in [0.05, 0.1) is 12.7 Å². The van der Waals surface area contributed by atoms with Gasteiger partial charge < -0.3 is 15.0 Å². The third-order valence-corrected chi connectivity index (χ3v) is 2.99. The number of H-pyrrole nitrogens is 1. The van der Waals surface area contributed by atoms with Crippen molar-refractivity contribution in [3.05, 3.63) is 42.2 Å². The maximum Gasteiger partial charge on any atom is 0.137 e. The lowest BCUT2D eigenvalue weighted by molar-refractivity contribution is 0.0280. The molecule has 2 heterocycles. The van der Waals surface area contributed by atoms with Crippen LogP contribution in [-0.4, -0.2) is 29.7 Å². The van der Waals surface area contributed by atoms with Gasteiger partial charge in [0.15, 0.2) is 0 Å². The first-order valence-corrected chi connectivity index (χ1v) is 5.86. The number of hydrogen-bond donors (Lipinski definition) is 2. The lowest BCUT2D eigenvalue weighted by atomic mass is 10.0. The smallest absolute Gasteiger partial charge is 0.137 e. The summed E-state index contributed by atoms with van der Waals surface area (Å²) >= 11 is 0. The van der Waals surface area contributed by atoms with E-state index in [1.807, 2.05) is 18.3 Å². The lowest BCUT2D eigenvalue weighted by Crippen LogP contribution is -2.33. The van der Waals surface area contributed by atoms with Crippen LogP contribution in [-0.2, 0) is 4.74 Å². The van der Waals surface area contributed by atoms with Crippen molar-refractivity contribution in [3.63, 3.8) is 0 Å². The Kier molecular flexibility index (Phi) is 2.90. The normalized spacial score (nSPS) is 20.4. The molecule has 1 saturated heterocycles. The zero-order chi connectivity index (χ0) is 11.5. The summed E-state index contributed by atoms with van der Waals surface area (Å²) in [7, 11) is 0. The molecule has 17 heavy (non-hydrogen) atoms. The Morgan fingerprint density at radius 2 is 2.24 bits per heavy atom. The van der Waals surface area contributed by atoms with Crippen LogP contribution >= 0.6 is 0 Å². The second-order valence-corrected chi connectivity index (χ2v) is 4.09. The number of ether oxygens (including phenoxy) is 1. The minimum absolute atomic E-state index is 0.116. The van der Waals surface area contributed by atoms with Gasteiger partial charge in [-0.05, 0) is 5.56 Å². The van der Waals surface area contributed by atoms with E-state index >= 15 is 0 Å². The first kappa shape index (κ1) is 10.5. The molecule has 0 saturated carbocycles. The minimum Gasteiger partial charge on any atom is -0.371 e. The van der Waals surface area contributed by atoms with E-state index in [1.54, 1.807) is 6.20 Å². The van der Waals surface area contributed by atoms with E-state index in [0.29, 0.717) is 0 Å². The first-order valence-electron chi connectivity index (χ1n) is 5.86. The monoisotopic (exact) mass is 229 g/mol. The predicted octanol–water partition coefficient (Wildman–Crippen LogP) is 1.74. The topological polar surface area (TPSA) is 49.9 Å².